The highest BCUT2D eigenvalue weighted by Gasteiger charge is 2.43. The largest absolute Gasteiger partial charge is 0.416 e. The second-order valence-corrected chi connectivity index (χ2v) is 10.2. The summed E-state index contributed by atoms with van der Waals surface area (Å²) in [5, 5.41) is 17.3. The molecule has 2 unspecified atom stereocenters. The Hall–Kier alpha value is -3.36. The number of carbonyl (C=O) groups is 2. The molecular formula is C25H20F6N4O3S. The number of aromatic nitrogens is 2. The quantitative estimate of drug-likeness (QED) is 0.344. The molecule has 206 valence electrons. The summed E-state index contributed by atoms with van der Waals surface area (Å²) in [6.45, 7) is 0.399. The van der Waals surface area contributed by atoms with Crippen LogP contribution in [0.5, 0.6) is 0 Å². The summed E-state index contributed by atoms with van der Waals surface area (Å²) in [6.07, 6.45) is -7.48. The van der Waals surface area contributed by atoms with Crippen LogP contribution in [0.25, 0.3) is 17.0 Å². The normalized spacial score (nSPS) is 21.9. The van der Waals surface area contributed by atoms with Crippen LogP contribution < -0.4 is 5.32 Å². The van der Waals surface area contributed by atoms with Crippen molar-refractivity contribution in [2.45, 2.75) is 37.5 Å². The molecule has 2 aromatic carbocycles. The number of amides is 2. The number of β-amino-alcohol motifs (C(OH)–C–C–N with tert-alkyl or cyclic N) is 1. The van der Waals surface area contributed by atoms with Crippen LogP contribution >= 0.6 is 11.8 Å². The molecule has 0 saturated carbocycles. The van der Waals surface area contributed by atoms with E-state index in [1.807, 2.05) is 0 Å². The number of hydrogen-bond acceptors (Lipinski definition) is 6. The minimum atomic E-state index is -5.00. The number of rotatable bonds is 4. The van der Waals surface area contributed by atoms with Gasteiger partial charge in [0.15, 0.2) is 0 Å². The molecule has 2 aliphatic heterocycles. The topological polar surface area (TPSA) is 87.5 Å². The van der Waals surface area contributed by atoms with Crippen LogP contribution in [-0.2, 0) is 23.7 Å². The lowest BCUT2D eigenvalue weighted by atomic mass is 10.0. The zero-order valence-corrected chi connectivity index (χ0v) is 20.7. The Labute approximate surface area is 221 Å². The van der Waals surface area contributed by atoms with E-state index in [9.17, 15) is 41.0 Å². The smallest absolute Gasteiger partial charge is 0.390 e. The molecule has 3 heterocycles. The Kier molecular flexibility index (Phi) is 6.97. The average Bonchev–Trinajstić information content (AvgIpc) is 3.37. The van der Waals surface area contributed by atoms with E-state index < -0.39 is 53.3 Å². The summed E-state index contributed by atoms with van der Waals surface area (Å²) in [7, 11) is 0. The Morgan fingerprint density at radius 1 is 1.08 bits per heavy atom. The summed E-state index contributed by atoms with van der Waals surface area (Å²) in [5.74, 6) is -0.520. The maximum Gasteiger partial charge on any atom is 0.416 e. The molecule has 2 fully saturated rings. The molecule has 0 spiro atoms. The van der Waals surface area contributed by atoms with Gasteiger partial charge in [-0.1, -0.05) is 12.1 Å². The molecule has 7 nitrogen and oxygen atoms in total. The lowest BCUT2D eigenvalue weighted by Crippen LogP contribution is -2.54. The van der Waals surface area contributed by atoms with Gasteiger partial charge in [0, 0.05) is 11.9 Å². The number of thioether (sulfide) groups is 1. The number of hydrogen-bond donors (Lipinski definition) is 2. The second-order valence-electron chi connectivity index (χ2n) is 9.17. The van der Waals surface area contributed by atoms with E-state index in [2.05, 4.69) is 10.4 Å². The van der Waals surface area contributed by atoms with Crippen molar-refractivity contribution in [3.05, 3.63) is 69.8 Å². The molecule has 3 aromatic rings. The van der Waals surface area contributed by atoms with Gasteiger partial charge in [-0.15, -0.1) is 0 Å². The van der Waals surface area contributed by atoms with Crippen molar-refractivity contribution in [2.75, 3.05) is 13.1 Å². The van der Waals surface area contributed by atoms with E-state index in [0.717, 1.165) is 22.7 Å². The molecule has 2 aliphatic rings. The van der Waals surface area contributed by atoms with Gasteiger partial charge in [-0.3, -0.25) is 19.2 Å². The van der Waals surface area contributed by atoms with Gasteiger partial charge in [0.2, 0.25) is 0 Å². The van der Waals surface area contributed by atoms with Gasteiger partial charge in [-0.25, -0.2) is 0 Å². The summed E-state index contributed by atoms with van der Waals surface area (Å²) in [6, 6.07) is 5.64. The standard InChI is InChI=1S/C25H20F6N4O3S/c26-24(27,28)16-3-2-14(17(9-16)25(29,30)31)12-34-18-4-1-13(7-15(18)10-33-34)8-21-22(37)35(23(38)39-21)19-5-6-32-11-20(19)36/h1-4,7-10,19-20,32,36H,5-6,11-12H2/b21-8-. The van der Waals surface area contributed by atoms with Crippen molar-refractivity contribution in [2.24, 2.45) is 0 Å². The Morgan fingerprint density at radius 3 is 2.54 bits per heavy atom. The summed E-state index contributed by atoms with van der Waals surface area (Å²) in [4.78, 5) is 26.7. The van der Waals surface area contributed by atoms with Gasteiger partial charge in [0.05, 0.1) is 46.4 Å². The van der Waals surface area contributed by atoms with E-state index in [0.29, 0.717) is 35.5 Å². The van der Waals surface area contributed by atoms with Crippen molar-refractivity contribution < 1.29 is 41.0 Å². The molecule has 39 heavy (non-hydrogen) atoms. The number of alkyl halides is 6. The van der Waals surface area contributed by atoms with Crippen molar-refractivity contribution in [1.29, 1.82) is 0 Å². The van der Waals surface area contributed by atoms with Crippen LogP contribution in [0.15, 0.2) is 47.5 Å². The number of aliphatic hydroxyl groups is 1. The molecule has 0 aliphatic carbocycles. The van der Waals surface area contributed by atoms with Gasteiger partial charge in [-0.05, 0) is 66.2 Å². The number of carbonyl (C=O) groups excluding carboxylic acids is 2. The molecule has 1 aromatic heterocycles. The van der Waals surface area contributed by atoms with E-state index in [4.69, 9.17) is 0 Å². The summed E-state index contributed by atoms with van der Waals surface area (Å²) < 4.78 is 80.9. The Balaban J connectivity index is 1.40. The van der Waals surface area contributed by atoms with E-state index >= 15 is 0 Å². The number of piperidine rings is 1. The number of nitrogens with one attached hydrogen (secondary N) is 1. The molecule has 2 amide bonds. The van der Waals surface area contributed by atoms with Crippen LogP contribution in [0.2, 0.25) is 0 Å². The molecule has 14 heteroatoms. The highest BCUT2D eigenvalue weighted by atomic mass is 32.2. The lowest BCUT2D eigenvalue weighted by molar-refractivity contribution is -0.143. The second kappa shape index (κ2) is 9.99. The summed E-state index contributed by atoms with van der Waals surface area (Å²) >= 11 is 0.751. The van der Waals surface area contributed by atoms with E-state index in [1.54, 1.807) is 18.2 Å². The number of imide groups is 1. The third kappa shape index (κ3) is 5.40. The third-order valence-electron chi connectivity index (χ3n) is 6.60. The predicted molar refractivity (Wildman–Crippen MR) is 130 cm³/mol. The molecule has 0 bridgehead atoms. The maximum atomic E-state index is 13.6. The van der Waals surface area contributed by atoms with Gasteiger partial charge >= 0.3 is 12.4 Å². The fraction of sp³-hybridized carbons (Fsp3) is 0.320. The van der Waals surface area contributed by atoms with E-state index in [1.165, 1.54) is 17.0 Å². The number of halogens is 6. The molecule has 5 rings (SSSR count). The molecule has 2 saturated heterocycles. The first-order chi connectivity index (χ1) is 18.3. The fourth-order valence-electron chi connectivity index (χ4n) is 4.68. The van der Waals surface area contributed by atoms with Crippen LogP contribution in [0.4, 0.5) is 31.1 Å². The Bertz CT molecular complexity index is 1480. The van der Waals surface area contributed by atoms with Gasteiger partial charge in [0.25, 0.3) is 11.1 Å². The van der Waals surface area contributed by atoms with Crippen molar-refractivity contribution >= 4 is 39.9 Å². The van der Waals surface area contributed by atoms with Gasteiger partial charge in [-0.2, -0.15) is 31.4 Å². The molecule has 2 N–H and O–H groups in total. The average molecular weight is 571 g/mol. The maximum absolute atomic E-state index is 13.6. The first kappa shape index (κ1) is 27.2. The molecule has 2 atom stereocenters. The molecular weight excluding hydrogens is 550 g/mol. The third-order valence-corrected chi connectivity index (χ3v) is 7.48. The lowest BCUT2D eigenvalue weighted by Gasteiger charge is -2.33. The molecule has 0 radical (unpaired) electrons. The minimum absolute atomic E-state index is 0.0923. The van der Waals surface area contributed by atoms with Crippen LogP contribution in [-0.4, -0.2) is 56.2 Å². The minimum Gasteiger partial charge on any atom is -0.390 e. The van der Waals surface area contributed by atoms with Gasteiger partial charge in [0.1, 0.15) is 0 Å². The zero-order chi connectivity index (χ0) is 28.1. The highest BCUT2D eigenvalue weighted by Crippen LogP contribution is 2.38. The van der Waals surface area contributed by atoms with Crippen molar-refractivity contribution in [3.63, 3.8) is 0 Å². The van der Waals surface area contributed by atoms with Crippen LogP contribution in [0, 0.1) is 0 Å². The van der Waals surface area contributed by atoms with Crippen LogP contribution in [0.3, 0.4) is 0 Å². The van der Waals surface area contributed by atoms with Crippen LogP contribution in [0.1, 0.15) is 28.7 Å². The summed E-state index contributed by atoms with van der Waals surface area (Å²) in [5.41, 5.74) is -2.21. The Morgan fingerprint density at radius 2 is 1.85 bits per heavy atom. The SMILES string of the molecule is O=C1S/C(=C\c2ccc3c(cnn3Cc3ccc(C(F)(F)F)cc3C(F)(F)F)c2)C(=O)N1C1CCNCC1O. The first-order valence-corrected chi connectivity index (χ1v) is 12.5. The number of fused-ring (bicyclic) bond motifs is 1. The monoisotopic (exact) mass is 570 g/mol. The number of nitrogens with zero attached hydrogens (tertiary/aromatic N) is 3. The van der Waals surface area contributed by atoms with Crippen molar-refractivity contribution in [1.82, 2.24) is 20.0 Å². The first-order valence-electron chi connectivity index (χ1n) is 11.7. The number of benzene rings is 2. The number of aliphatic hydroxyl groups excluding tert-OH is 1. The van der Waals surface area contributed by atoms with Crippen molar-refractivity contribution in [3.8, 4) is 0 Å². The highest BCUT2D eigenvalue weighted by molar-refractivity contribution is 8.18. The van der Waals surface area contributed by atoms with Gasteiger partial charge < -0.3 is 10.4 Å². The van der Waals surface area contributed by atoms with E-state index in [-0.39, 0.29) is 23.1 Å². The fourth-order valence-corrected chi connectivity index (χ4v) is 5.57. The zero-order valence-electron chi connectivity index (χ0n) is 19.9. The predicted octanol–water partition coefficient (Wildman–Crippen LogP) is 4.88.